The Kier molecular flexibility index (Phi) is 7.14. The number of rotatable bonds is 6. The number of benzene rings is 2. The molecule has 0 heterocycles. The summed E-state index contributed by atoms with van der Waals surface area (Å²) in [6, 6.07) is 11.3. The van der Waals surface area contributed by atoms with Crippen molar-refractivity contribution in [3.05, 3.63) is 58.7 Å². The lowest BCUT2D eigenvalue weighted by atomic mass is 9.95. The molecule has 160 valence electrons. The molecule has 0 bridgehead atoms. The standard InChI is InChI=1S/C25H32N2O3/c1-16-14-17(2)23(18(3)15-16)27-24(28)19(4)30-22-12-10-20(11-13-22)25(29)26-21-8-6-5-7-9-21/h10-15,19,21H,5-9H2,1-4H3,(H,26,29)(H,27,28). The Morgan fingerprint density at radius 1 is 0.967 bits per heavy atom. The van der Waals surface area contributed by atoms with Crippen molar-refractivity contribution < 1.29 is 14.3 Å². The maximum absolute atomic E-state index is 12.6. The van der Waals surface area contributed by atoms with Gasteiger partial charge in [0.1, 0.15) is 5.75 Å². The normalized spacial score (nSPS) is 15.3. The molecule has 0 spiro atoms. The molecule has 1 unspecified atom stereocenters. The SMILES string of the molecule is Cc1cc(C)c(NC(=O)C(C)Oc2ccc(C(=O)NC3CCCCC3)cc2)c(C)c1. The predicted molar refractivity (Wildman–Crippen MR) is 120 cm³/mol. The highest BCUT2D eigenvalue weighted by molar-refractivity contribution is 5.96. The summed E-state index contributed by atoms with van der Waals surface area (Å²) in [7, 11) is 0. The van der Waals surface area contributed by atoms with E-state index in [0.29, 0.717) is 11.3 Å². The second-order valence-corrected chi connectivity index (χ2v) is 8.36. The fraction of sp³-hybridized carbons (Fsp3) is 0.440. The van der Waals surface area contributed by atoms with Gasteiger partial charge in [-0.3, -0.25) is 9.59 Å². The van der Waals surface area contributed by atoms with Gasteiger partial charge in [0.25, 0.3) is 11.8 Å². The van der Waals surface area contributed by atoms with Crippen molar-refractivity contribution in [1.82, 2.24) is 5.32 Å². The molecule has 0 radical (unpaired) electrons. The van der Waals surface area contributed by atoms with Crippen LogP contribution >= 0.6 is 0 Å². The minimum atomic E-state index is -0.660. The summed E-state index contributed by atoms with van der Waals surface area (Å²) < 4.78 is 5.79. The largest absolute Gasteiger partial charge is 0.481 e. The molecule has 2 amide bonds. The molecule has 3 rings (SSSR count). The molecule has 1 aliphatic carbocycles. The van der Waals surface area contributed by atoms with Crippen LogP contribution in [0.3, 0.4) is 0 Å². The van der Waals surface area contributed by atoms with Crippen LogP contribution in [0.1, 0.15) is 66.1 Å². The molecular weight excluding hydrogens is 376 g/mol. The number of carbonyl (C=O) groups excluding carboxylic acids is 2. The first-order valence-electron chi connectivity index (χ1n) is 10.8. The average molecular weight is 409 g/mol. The van der Waals surface area contributed by atoms with Gasteiger partial charge in [0.05, 0.1) is 0 Å². The summed E-state index contributed by atoms with van der Waals surface area (Å²) in [6.45, 7) is 7.73. The van der Waals surface area contributed by atoms with Crippen LogP contribution in [0.2, 0.25) is 0 Å². The minimum absolute atomic E-state index is 0.0513. The molecule has 0 saturated heterocycles. The number of ether oxygens (including phenoxy) is 1. The third-order valence-electron chi connectivity index (χ3n) is 5.66. The number of hydrogen-bond acceptors (Lipinski definition) is 3. The van der Waals surface area contributed by atoms with E-state index in [1.54, 1.807) is 31.2 Å². The highest BCUT2D eigenvalue weighted by Crippen LogP contribution is 2.23. The van der Waals surface area contributed by atoms with Gasteiger partial charge in [0, 0.05) is 17.3 Å². The smallest absolute Gasteiger partial charge is 0.265 e. The molecule has 1 saturated carbocycles. The van der Waals surface area contributed by atoms with Crippen LogP contribution in [0.25, 0.3) is 0 Å². The third-order valence-corrected chi connectivity index (χ3v) is 5.66. The third kappa shape index (κ3) is 5.62. The molecule has 1 atom stereocenters. The molecule has 1 aliphatic rings. The average Bonchev–Trinajstić information content (AvgIpc) is 2.71. The fourth-order valence-corrected chi connectivity index (χ4v) is 4.06. The summed E-state index contributed by atoms with van der Waals surface area (Å²) in [5.41, 5.74) is 4.66. The number of amides is 2. The van der Waals surface area contributed by atoms with E-state index in [1.807, 2.05) is 32.9 Å². The number of hydrogen-bond donors (Lipinski definition) is 2. The molecule has 0 aliphatic heterocycles. The second kappa shape index (κ2) is 9.79. The highest BCUT2D eigenvalue weighted by Gasteiger charge is 2.19. The van der Waals surface area contributed by atoms with Crippen LogP contribution in [0.4, 0.5) is 5.69 Å². The lowest BCUT2D eigenvalue weighted by Crippen LogP contribution is -2.36. The van der Waals surface area contributed by atoms with Gasteiger partial charge in [0.2, 0.25) is 0 Å². The number of anilines is 1. The summed E-state index contributed by atoms with van der Waals surface area (Å²) in [5.74, 6) is 0.304. The Hall–Kier alpha value is -2.82. The van der Waals surface area contributed by atoms with Gasteiger partial charge in [-0.25, -0.2) is 0 Å². The minimum Gasteiger partial charge on any atom is -0.481 e. The molecular formula is C25H32N2O3. The lowest BCUT2D eigenvalue weighted by Gasteiger charge is -2.22. The van der Waals surface area contributed by atoms with Crippen LogP contribution in [0.5, 0.6) is 5.75 Å². The Bertz CT molecular complexity index is 876. The van der Waals surface area contributed by atoms with Gasteiger partial charge in [-0.2, -0.15) is 0 Å². The summed E-state index contributed by atoms with van der Waals surface area (Å²) in [5, 5.41) is 6.08. The van der Waals surface area contributed by atoms with Gasteiger partial charge in [-0.1, -0.05) is 37.0 Å². The van der Waals surface area contributed by atoms with Crippen molar-refractivity contribution in [1.29, 1.82) is 0 Å². The Morgan fingerprint density at radius 3 is 2.17 bits per heavy atom. The topological polar surface area (TPSA) is 67.4 Å². The van der Waals surface area contributed by atoms with E-state index in [0.717, 1.165) is 29.7 Å². The Balaban J connectivity index is 1.56. The van der Waals surface area contributed by atoms with Crippen molar-refractivity contribution in [3.8, 4) is 5.75 Å². The maximum atomic E-state index is 12.6. The van der Waals surface area contributed by atoms with Crippen molar-refractivity contribution in [2.24, 2.45) is 0 Å². The molecule has 5 nitrogen and oxygen atoms in total. The molecule has 2 aromatic carbocycles. The van der Waals surface area contributed by atoms with E-state index in [1.165, 1.54) is 24.8 Å². The number of carbonyl (C=O) groups is 2. The van der Waals surface area contributed by atoms with Gasteiger partial charge in [-0.15, -0.1) is 0 Å². The molecule has 2 N–H and O–H groups in total. The summed E-state index contributed by atoms with van der Waals surface area (Å²) in [4.78, 5) is 25.0. The van der Waals surface area contributed by atoms with Gasteiger partial charge in [0.15, 0.2) is 6.10 Å². The monoisotopic (exact) mass is 408 g/mol. The summed E-state index contributed by atoms with van der Waals surface area (Å²) in [6.07, 6.45) is 5.07. The predicted octanol–water partition coefficient (Wildman–Crippen LogP) is 5.08. The van der Waals surface area contributed by atoms with Crippen molar-refractivity contribution in [2.75, 3.05) is 5.32 Å². The highest BCUT2D eigenvalue weighted by atomic mass is 16.5. The molecule has 5 heteroatoms. The van der Waals surface area contributed by atoms with Crippen molar-refractivity contribution in [2.45, 2.75) is 71.9 Å². The van der Waals surface area contributed by atoms with Crippen LogP contribution < -0.4 is 15.4 Å². The van der Waals surface area contributed by atoms with E-state index in [9.17, 15) is 9.59 Å². The van der Waals surface area contributed by atoms with E-state index >= 15 is 0 Å². The Morgan fingerprint density at radius 2 is 1.57 bits per heavy atom. The lowest BCUT2D eigenvalue weighted by molar-refractivity contribution is -0.122. The van der Waals surface area contributed by atoms with E-state index in [-0.39, 0.29) is 17.9 Å². The Labute approximate surface area is 179 Å². The van der Waals surface area contributed by atoms with E-state index in [2.05, 4.69) is 10.6 Å². The molecule has 1 fully saturated rings. The van der Waals surface area contributed by atoms with Gasteiger partial charge >= 0.3 is 0 Å². The molecule has 30 heavy (non-hydrogen) atoms. The second-order valence-electron chi connectivity index (χ2n) is 8.36. The number of nitrogens with one attached hydrogen (secondary N) is 2. The van der Waals surface area contributed by atoms with E-state index in [4.69, 9.17) is 4.74 Å². The zero-order valence-electron chi connectivity index (χ0n) is 18.4. The molecule has 0 aromatic heterocycles. The first kappa shape index (κ1) is 21.9. The van der Waals surface area contributed by atoms with Crippen LogP contribution in [0, 0.1) is 20.8 Å². The zero-order chi connectivity index (χ0) is 21.7. The van der Waals surface area contributed by atoms with E-state index < -0.39 is 6.10 Å². The van der Waals surface area contributed by atoms with Gasteiger partial charge in [-0.05, 0) is 75.9 Å². The van der Waals surface area contributed by atoms with Crippen molar-refractivity contribution >= 4 is 17.5 Å². The van der Waals surface area contributed by atoms with Crippen LogP contribution in [-0.4, -0.2) is 24.0 Å². The van der Waals surface area contributed by atoms with Crippen LogP contribution in [0.15, 0.2) is 36.4 Å². The van der Waals surface area contributed by atoms with Crippen molar-refractivity contribution in [3.63, 3.8) is 0 Å². The molecule has 2 aromatic rings. The van der Waals surface area contributed by atoms with Gasteiger partial charge < -0.3 is 15.4 Å². The number of aryl methyl sites for hydroxylation is 3. The first-order valence-corrected chi connectivity index (χ1v) is 10.8. The zero-order valence-corrected chi connectivity index (χ0v) is 18.4. The maximum Gasteiger partial charge on any atom is 0.265 e. The first-order chi connectivity index (χ1) is 14.3. The summed E-state index contributed by atoms with van der Waals surface area (Å²) >= 11 is 0. The van der Waals surface area contributed by atoms with Crippen LogP contribution in [-0.2, 0) is 4.79 Å². The quantitative estimate of drug-likeness (QED) is 0.700. The fourth-order valence-electron chi connectivity index (χ4n) is 4.06.